The zero-order valence-corrected chi connectivity index (χ0v) is 14.5. The van der Waals surface area contributed by atoms with E-state index in [1.54, 1.807) is 44.8 Å². The third-order valence-electron chi connectivity index (χ3n) is 4.57. The zero-order valence-electron chi connectivity index (χ0n) is 14.5. The monoisotopic (exact) mass is 325 g/mol. The largest absolute Gasteiger partial charge is 0.494 e. The van der Waals surface area contributed by atoms with E-state index < -0.39 is 18.3 Å². The molecule has 0 radical (unpaired) electrons. The molecule has 0 amide bonds. The lowest BCUT2D eigenvalue weighted by Crippen LogP contribution is -2.53. The van der Waals surface area contributed by atoms with Gasteiger partial charge < -0.3 is 19.5 Å². The van der Waals surface area contributed by atoms with Crippen LogP contribution in [0.5, 0.6) is 0 Å². The number of ether oxygens (including phenoxy) is 1. The van der Waals surface area contributed by atoms with E-state index in [1.807, 2.05) is 0 Å². The van der Waals surface area contributed by atoms with E-state index in [0.29, 0.717) is 5.46 Å². The number of aromatic nitrogens is 2. The number of morpholine rings is 1. The first kappa shape index (κ1) is 18.4. The van der Waals surface area contributed by atoms with Crippen molar-refractivity contribution < 1.29 is 19.5 Å². The van der Waals surface area contributed by atoms with Crippen molar-refractivity contribution in [3.63, 3.8) is 0 Å². The van der Waals surface area contributed by atoms with Gasteiger partial charge in [-0.05, 0) is 27.7 Å². The summed E-state index contributed by atoms with van der Waals surface area (Å²) >= 11 is 0. The number of hydrogen-bond acceptors (Lipinski definition) is 6. The van der Waals surface area contributed by atoms with Gasteiger partial charge in [0.05, 0.1) is 31.0 Å². The van der Waals surface area contributed by atoms with Crippen LogP contribution in [-0.4, -0.2) is 76.0 Å². The van der Waals surface area contributed by atoms with Crippen LogP contribution in [0.15, 0.2) is 12.4 Å². The Labute approximate surface area is 138 Å². The lowest BCUT2D eigenvalue weighted by atomic mass is 9.78. The molecule has 7 nitrogen and oxygen atoms in total. The molecule has 1 fully saturated rings. The van der Waals surface area contributed by atoms with Crippen LogP contribution in [0.4, 0.5) is 0 Å². The highest BCUT2D eigenvalue weighted by atomic mass is 16.5. The van der Waals surface area contributed by atoms with E-state index >= 15 is 0 Å². The van der Waals surface area contributed by atoms with Crippen molar-refractivity contribution in [3.05, 3.63) is 12.4 Å². The predicted octanol–water partition coefficient (Wildman–Crippen LogP) is -0.531. The maximum atomic E-state index is 10.2. The minimum atomic E-state index is -1.12. The summed E-state index contributed by atoms with van der Waals surface area (Å²) in [6.45, 7) is 11.9. The maximum Gasteiger partial charge on any atom is 0.494 e. The summed E-state index contributed by atoms with van der Waals surface area (Å²) in [6.07, 6.45) is 3.38. The van der Waals surface area contributed by atoms with Crippen LogP contribution >= 0.6 is 0 Å². The fourth-order valence-corrected chi connectivity index (χ4v) is 2.19. The first-order valence-corrected chi connectivity index (χ1v) is 8.10. The van der Waals surface area contributed by atoms with Crippen molar-refractivity contribution in [2.45, 2.75) is 45.4 Å². The van der Waals surface area contributed by atoms with Gasteiger partial charge >= 0.3 is 7.12 Å². The highest BCUT2D eigenvalue weighted by molar-refractivity contribution is 6.59. The summed E-state index contributed by atoms with van der Waals surface area (Å²) in [5.74, 6) is 0. The van der Waals surface area contributed by atoms with Crippen molar-refractivity contribution >= 4 is 12.6 Å². The number of hydrogen-bond donors (Lipinski definition) is 2. The lowest BCUT2D eigenvalue weighted by Gasteiger charge is -2.38. The van der Waals surface area contributed by atoms with Gasteiger partial charge in [-0.2, -0.15) is 5.10 Å². The average molecular weight is 325 g/mol. The molecule has 23 heavy (non-hydrogen) atoms. The Hall–Kier alpha value is -0.925. The fraction of sp³-hybridized carbons (Fsp3) is 0.800. The molecule has 0 atom stereocenters. The van der Waals surface area contributed by atoms with E-state index in [2.05, 4.69) is 10.00 Å². The molecule has 2 heterocycles. The maximum absolute atomic E-state index is 10.2. The minimum Gasteiger partial charge on any atom is -0.423 e. The summed E-state index contributed by atoms with van der Waals surface area (Å²) in [4.78, 5) is 2.33. The van der Waals surface area contributed by atoms with Gasteiger partial charge in [0.25, 0.3) is 0 Å². The molecule has 0 unspecified atom stereocenters. The molecular formula is C15H28BN3O4. The molecule has 0 aromatic carbocycles. The Bertz CT molecular complexity index is 495. The minimum absolute atomic E-state index is 0.587. The molecular weight excluding hydrogens is 297 g/mol. The molecule has 8 heteroatoms. The summed E-state index contributed by atoms with van der Waals surface area (Å²) in [6, 6.07) is 0. The van der Waals surface area contributed by atoms with Crippen LogP contribution < -0.4 is 5.46 Å². The standard InChI is InChI=1S/C15H28BN3O4/c1-14(2,20)15(3,4)23-16(21)13-11-17-19(12-13)6-5-18-7-9-22-10-8-18/h11-12,20-21H,5-10H2,1-4H3. The summed E-state index contributed by atoms with van der Waals surface area (Å²) < 4.78 is 12.7. The van der Waals surface area contributed by atoms with Crippen LogP contribution in [0.3, 0.4) is 0 Å². The molecule has 130 valence electrons. The van der Waals surface area contributed by atoms with E-state index in [4.69, 9.17) is 9.39 Å². The van der Waals surface area contributed by atoms with Gasteiger partial charge in [-0.15, -0.1) is 0 Å². The number of nitrogens with zero attached hydrogens (tertiary/aromatic N) is 3. The molecule has 0 bridgehead atoms. The lowest BCUT2D eigenvalue weighted by molar-refractivity contribution is -0.0982. The molecule has 1 aliphatic heterocycles. The van der Waals surface area contributed by atoms with Crippen molar-refractivity contribution in [1.29, 1.82) is 0 Å². The fourth-order valence-electron chi connectivity index (χ4n) is 2.19. The van der Waals surface area contributed by atoms with E-state index in [0.717, 1.165) is 39.4 Å². The Morgan fingerprint density at radius 3 is 2.52 bits per heavy atom. The number of aliphatic hydroxyl groups is 1. The summed E-state index contributed by atoms with van der Waals surface area (Å²) in [5.41, 5.74) is -1.37. The molecule has 0 spiro atoms. The van der Waals surface area contributed by atoms with Gasteiger partial charge in [0.1, 0.15) is 0 Å². The smallest absolute Gasteiger partial charge is 0.423 e. The normalized spacial score (nSPS) is 17.5. The van der Waals surface area contributed by atoms with Gasteiger partial charge in [-0.3, -0.25) is 9.58 Å². The van der Waals surface area contributed by atoms with E-state index in [-0.39, 0.29) is 0 Å². The Morgan fingerprint density at radius 1 is 1.26 bits per heavy atom. The van der Waals surface area contributed by atoms with Crippen LogP contribution in [0.1, 0.15) is 27.7 Å². The van der Waals surface area contributed by atoms with Crippen LogP contribution in [0.25, 0.3) is 0 Å². The third-order valence-corrected chi connectivity index (χ3v) is 4.57. The number of rotatable bonds is 7. The van der Waals surface area contributed by atoms with Crippen LogP contribution in [-0.2, 0) is 15.9 Å². The van der Waals surface area contributed by atoms with Gasteiger partial charge in [0.2, 0.25) is 0 Å². The van der Waals surface area contributed by atoms with Gasteiger partial charge in [-0.1, -0.05) is 0 Å². The Balaban J connectivity index is 1.88. The molecule has 2 rings (SSSR count). The Kier molecular flexibility index (Phi) is 5.86. The SMILES string of the molecule is CC(C)(O)C(C)(C)OB(O)c1cnn(CCN2CCOCC2)c1. The molecule has 0 aliphatic carbocycles. The van der Waals surface area contributed by atoms with Crippen LogP contribution in [0, 0.1) is 0 Å². The molecule has 1 aromatic rings. The first-order valence-electron chi connectivity index (χ1n) is 8.10. The van der Waals surface area contributed by atoms with E-state index in [1.165, 1.54) is 0 Å². The van der Waals surface area contributed by atoms with Gasteiger partial charge in [-0.25, -0.2) is 0 Å². The second-order valence-electron chi connectivity index (χ2n) is 7.03. The predicted molar refractivity (Wildman–Crippen MR) is 88.6 cm³/mol. The first-order chi connectivity index (χ1) is 10.7. The highest BCUT2D eigenvalue weighted by Crippen LogP contribution is 2.25. The van der Waals surface area contributed by atoms with Crippen molar-refractivity contribution in [2.24, 2.45) is 0 Å². The molecule has 1 saturated heterocycles. The second-order valence-corrected chi connectivity index (χ2v) is 7.03. The Morgan fingerprint density at radius 2 is 1.91 bits per heavy atom. The molecule has 1 aromatic heterocycles. The zero-order chi connectivity index (χ0) is 17.1. The molecule has 2 N–H and O–H groups in total. The quantitative estimate of drug-likeness (QED) is 0.656. The summed E-state index contributed by atoms with van der Waals surface area (Å²) in [5, 5.41) is 24.6. The average Bonchev–Trinajstić information content (AvgIpc) is 2.93. The van der Waals surface area contributed by atoms with Gasteiger partial charge in [0.15, 0.2) is 0 Å². The second kappa shape index (κ2) is 7.31. The van der Waals surface area contributed by atoms with Crippen molar-refractivity contribution in [1.82, 2.24) is 14.7 Å². The summed E-state index contributed by atoms with van der Waals surface area (Å²) in [7, 11) is -1.12. The van der Waals surface area contributed by atoms with Gasteiger partial charge in [0, 0.05) is 37.5 Å². The molecule has 1 aliphatic rings. The van der Waals surface area contributed by atoms with Crippen molar-refractivity contribution in [2.75, 3.05) is 32.8 Å². The van der Waals surface area contributed by atoms with Crippen molar-refractivity contribution in [3.8, 4) is 0 Å². The highest BCUT2D eigenvalue weighted by Gasteiger charge is 2.39. The topological polar surface area (TPSA) is 80.0 Å². The van der Waals surface area contributed by atoms with Crippen LogP contribution in [0.2, 0.25) is 0 Å². The third kappa shape index (κ3) is 5.02. The molecule has 0 saturated carbocycles. The van der Waals surface area contributed by atoms with E-state index in [9.17, 15) is 10.1 Å².